The Morgan fingerprint density at radius 3 is 1.87 bits per heavy atom. The van der Waals surface area contributed by atoms with E-state index in [2.05, 4.69) is 96.3 Å². The van der Waals surface area contributed by atoms with Crippen LogP contribution in [0.5, 0.6) is 0 Å². The fraction of sp³-hybridized carbons (Fsp3) is 0.143. The standard InChI is InChI=1S/C21H20N2/c1-23(22-15-16-9-3-2-4-10-16)21-19-13-7-5-11-17(19)18-12-6-8-14-20(18)21/h2-14,21-22H,15H2,1H3. The van der Waals surface area contributed by atoms with E-state index in [1.165, 1.54) is 27.8 Å². The third kappa shape index (κ3) is 2.56. The summed E-state index contributed by atoms with van der Waals surface area (Å²) in [6, 6.07) is 28.2. The summed E-state index contributed by atoms with van der Waals surface area (Å²) in [5.41, 5.74) is 10.3. The van der Waals surface area contributed by atoms with Crippen LogP contribution in [0, 0.1) is 0 Å². The molecule has 0 saturated heterocycles. The fourth-order valence-corrected chi connectivity index (χ4v) is 3.45. The van der Waals surface area contributed by atoms with Gasteiger partial charge in [0, 0.05) is 13.6 Å². The summed E-state index contributed by atoms with van der Waals surface area (Å²) in [7, 11) is 2.13. The number of hydrazine groups is 1. The highest BCUT2D eigenvalue weighted by Gasteiger charge is 2.30. The maximum absolute atomic E-state index is 3.56. The molecule has 0 radical (unpaired) electrons. The minimum Gasteiger partial charge on any atom is -0.250 e. The highest BCUT2D eigenvalue weighted by Crippen LogP contribution is 2.45. The molecular formula is C21H20N2. The fourth-order valence-electron chi connectivity index (χ4n) is 3.45. The first kappa shape index (κ1) is 14.2. The molecule has 0 unspecified atom stereocenters. The van der Waals surface area contributed by atoms with Crippen LogP contribution >= 0.6 is 0 Å². The summed E-state index contributed by atoms with van der Waals surface area (Å²) < 4.78 is 0. The lowest BCUT2D eigenvalue weighted by atomic mass is 10.1. The zero-order valence-electron chi connectivity index (χ0n) is 13.2. The minimum atomic E-state index is 0.256. The van der Waals surface area contributed by atoms with Gasteiger partial charge in [-0.05, 0) is 27.8 Å². The molecule has 1 aliphatic carbocycles. The van der Waals surface area contributed by atoms with Crippen molar-refractivity contribution in [2.45, 2.75) is 12.6 Å². The lowest BCUT2D eigenvalue weighted by Crippen LogP contribution is -2.37. The number of nitrogens with one attached hydrogen (secondary N) is 1. The molecule has 3 aromatic carbocycles. The van der Waals surface area contributed by atoms with Crippen molar-refractivity contribution in [3.8, 4) is 11.1 Å². The highest BCUT2D eigenvalue weighted by molar-refractivity contribution is 5.78. The van der Waals surface area contributed by atoms with Crippen molar-refractivity contribution in [3.05, 3.63) is 95.6 Å². The van der Waals surface area contributed by atoms with E-state index in [1.54, 1.807) is 0 Å². The number of benzene rings is 3. The monoisotopic (exact) mass is 300 g/mol. The summed E-state index contributed by atoms with van der Waals surface area (Å²) in [5.74, 6) is 0. The Balaban J connectivity index is 1.63. The molecule has 0 fully saturated rings. The molecule has 0 heterocycles. The molecule has 0 spiro atoms. The summed E-state index contributed by atoms with van der Waals surface area (Å²) in [4.78, 5) is 0. The molecule has 114 valence electrons. The SMILES string of the molecule is CN(NCc1ccccc1)C1c2ccccc2-c2ccccc21. The third-order valence-corrected chi connectivity index (χ3v) is 4.56. The first-order chi connectivity index (χ1) is 11.3. The molecule has 0 atom stereocenters. The molecule has 2 nitrogen and oxygen atoms in total. The lowest BCUT2D eigenvalue weighted by molar-refractivity contribution is 0.188. The molecule has 0 aromatic heterocycles. The van der Waals surface area contributed by atoms with Crippen LogP contribution in [-0.4, -0.2) is 12.1 Å². The van der Waals surface area contributed by atoms with Gasteiger partial charge in [-0.15, -0.1) is 0 Å². The Bertz CT molecular complexity index is 765. The number of fused-ring (bicyclic) bond motifs is 3. The van der Waals surface area contributed by atoms with E-state index in [9.17, 15) is 0 Å². The van der Waals surface area contributed by atoms with Crippen LogP contribution in [-0.2, 0) is 6.54 Å². The second-order valence-corrected chi connectivity index (χ2v) is 6.01. The average Bonchev–Trinajstić information content (AvgIpc) is 2.95. The van der Waals surface area contributed by atoms with E-state index < -0.39 is 0 Å². The van der Waals surface area contributed by atoms with E-state index in [0.717, 1.165) is 6.54 Å². The van der Waals surface area contributed by atoms with Crippen LogP contribution in [0.4, 0.5) is 0 Å². The van der Waals surface area contributed by atoms with Crippen LogP contribution < -0.4 is 5.43 Å². The maximum Gasteiger partial charge on any atom is 0.0752 e. The van der Waals surface area contributed by atoms with Gasteiger partial charge in [0.05, 0.1) is 6.04 Å². The summed E-state index contributed by atoms with van der Waals surface area (Å²) >= 11 is 0. The van der Waals surface area contributed by atoms with E-state index in [1.807, 2.05) is 0 Å². The van der Waals surface area contributed by atoms with Crippen molar-refractivity contribution >= 4 is 0 Å². The Morgan fingerprint density at radius 1 is 0.739 bits per heavy atom. The van der Waals surface area contributed by atoms with Gasteiger partial charge in [0.15, 0.2) is 0 Å². The van der Waals surface area contributed by atoms with Gasteiger partial charge < -0.3 is 0 Å². The normalized spacial score (nSPS) is 13.1. The first-order valence-corrected chi connectivity index (χ1v) is 8.03. The molecule has 0 aliphatic heterocycles. The van der Waals surface area contributed by atoms with Gasteiger partial charge in [-0.25, -0.2) is 5.01 Å². The van der Waals surface area contributed by atoms with Gasteiger partial charge in [-0.2, -0.15) is 0 Å². The molecule has 3 aromatic rings. The van der Waals surface area contributed by atoms with Crippen molar-refractivity contribution < 1.29 is 0 Å². The molecule has 1 aliphatic rings. The van der Waals surface area contributed by atoms with Crippen molar-refractivity contribution in [2.24, 2.45) is 0 Å². The molecule has 0 bridgehead atoms. The summed E-state index contributed by atoms with van der Waals surface area (Å²) in [6.45, 7) is 0.832. The topological polar surface area (TPSA) is 15.3 Å². The van der Waals surface area contributed by atoms with Gasteiger partial charge >= 0.3 is 0 Å². The zero-order valence-corrected chi connectivity index (χ0v) is 13.2. The predicted octanol–water partition coefficient (Wildman–Crippen LogP) is 4.39. The number of hydrogen-bond donors (Lipinski definition) is 1. The average molecular weight is 300 g/mol. The second-order valence-electron chi connectivity index (χ2n) is 6.01. The van der Waals surface area contributed by atoms with Crippen LogP contribution in [0.15, 0.2) is 78.9 Å². The van der Waals surface area contributed by atoms with Gasteiger partial charge in [0.2, 0.25) is 0 Å². The molecular weight excluding hydrogens is 280 g/mol. The van der Waals surface area contributed by atoms with E-state index in [-0.39, 0.29) is 6.04 Å². The Labute approximate surface area is 137 Å². The van der Waals surface area contributed by atoms with Crippen molar-refractivity contribution in [1.82, 2.24) is 10.4 Å². The molecule has 4 rings (SSSR count). The predicted molar refractivity (Wildman–Crippen MR) is 94.8 cm³/mol. The van der Waals surface area contributed by atoms with Gasteiger partial charge in [-0.3, -0.25) is 5.43 Å². The summed E-state index contributed by atoms with van der Waals surface area (Å²) in [6.07, 6.45) is 0. The molecule has 0 saturated carbocycles. The van der Waals surface area contributed by atoms with Gasteiger partial charge in [0.25, 0.3) is 0 Å². The van der Waals surface area contributed by atoms with Gasteiger partial charge in [0.1, 0.15) is 0 Å². The Hall–Kier alpha value is -2.42. The Kier molecular flexibility index (Phi) is 3.70. The second kappa shape index (κ2) is 5.99. The molecule has 0 amide bonds. The maximum atomic E-state index is 3.56. The van der Waals surface area contributed by atoms with E-state index in [0.29, 0.717) is 0 Å². The third-order valence-electron chi connectivity index (χ3n) is 4.56. The molecule has 1 N–H and O–H groups in total. The lowest BCUT2D eigenvalue weighted by Gasteiger charge is -2.27. The molecule has 23 heavy (non-hydrogen) atoms. The van der Waals surface area contributed by atoms with Crippen LogP contribution in [0.3, 0.4) is 0 Å². The summed E-state index contributed by atoms with van der Waals surface area (Å²) in [5, 5.41) is 2.23. The smallest absolute Gasteiger partial charge is 0.0752 e. The van der Waals surface area contributed by atoms with Crippen LogP contribution in [0.1, 0.15) is 22.7 Å². The highest BCUT2D eigenvalue weighted by atomic mass is 15.5. The minimum absolute atomic E-state index is 0.256. The Morgan fingerprint density at radius 2 is 1.26 bits per heavy atom. The number of nitrogens with zero attached hydrogens (tertiary/aromatic N) is 1. The van der Waals surface area contributed by atoms with Crippen molar-refractivity contribution in [3.63, 3.8) is 0 Å². The van der Waals surface area contributed by atoms with E-state index in [4.69, 9.17) is 0 Å². The van der Waals surface area contributed by atoms with Gasteiger partial charge in [-0.1, -0.05) is 78.9 Å². The van der Waals surface area contributed by atoms with E-state index >= 15 is 0 Å². The first-order valence-electron chi connectivity index (χ1n) is 8.03. The van der Waals surface area contributed by atoms with Crippen LogP contribution in [0.2, 0.25) is 0 Å². The number of rotatable bonds is 4. The quantitative estimate of drug-likeness (QED) is 0.719. The van der Waals surface area contributed by atoms with Crippen molar-refractivity contribution in [1.29, 1.82) is 0 Å². The number of hydrogen-bond acceptors (Lipinski definition) is 2. The van der Waals surface area contributed by atoms with Crippen LogP contribution in [0.25, 0.3) is 11.1 Å². The van der Waals surface area contributed by atoms with Crippen molar-refractivity contribution in [2.75, 3.05) is 7.05 Å². The largest absolute Gasteiger partial charge is 0.250 e. The zero-order chi connectivity index (χ0) is 15.6. The molecule has 2 heteroatoms.